The third-order valence-corrected chi connectivity index (χ3v) is 2.28. The monoisotopic (exact) mass is 230 g/mol. The van der Waals surface area contributed by atoms with E-state index in [1.807, 2.05) is 6.92 Å². The zero-order valence-electron chi connectivity index (χ0n) is 10.5. The zero-order valence-corrected chi connectivity index (χ0v) is 10.5. The molecule has 2 atom stereocenters. The number of carbonyl (C=O) groups is 2. The van der Waals surface area contributed by atoms with Crippen molar-refractivity contribution in [2.75, 3.05) is 6.61 Å². The molecule has 3 N–H and O–H groups in total. The molecule has 0 aromatic carbocycles. The summed E-state index contributed by atoms with van der Waals surface area (Å²) in [7, 11) is 0. The van der Waals surface area contributed by atoms with Gasteiger partial charge in [-0.25, -0.2) is 4.79 Å². The third-order valence-electron chi connectivity index (χ3n) is 2.28. The van der Waals surface area contributed by atoms with Crippen molar-refractivity contribution in [2.24, 2.45) is 5.73 Å². The van der Waals surface area contributed by atoms with E-state index in [2.05, 4.69) is 5.32 Å². The summed E-state index contributed by atoms with van der Waals surface area (Å²) in [4.78, 5) is 23.0. The predicted octanol–water partition coefficient (Wildman–Crippen LogP) is 0.572. The molecule has 0 rings (SSSR count). The summed E-state index contributed by atoms with van der Waals surface area (Å²) in [5, 5.41) is 2.55. The van der Waals surface area contributed by atoms with Gasteiger partial charge in [0, 0.05) is 0 Å². The highest BCUT2D eigenvalue weighted by Crippen LogP contribution is 2.08. The summed E-state index contributed by atoms with van der Waals surface area (Å²) in [6.07, 6.45) is 1.39. The first-order valence-corrected chi connectivity index (χ1v) is 5.61. The summed E-state index contributed by atoms with van der Waals surface area (Å²) in [6.45, 7) is 7.21. The van der Waals surface area contributed by atoms with Crippen molar-refractivity contribution in [2.45, 2.75) is 52.1 Å². The number of nitrogens with one attached hydrogen (secondary N) is 1. The Labute approximate surface area is 96.7 Å². The quantitative estimate of drug-likeness (QED) is 0.654. The topological polar surface area (TPSA) is 81.4 Å². The fourth-order valence-electron chi connectivity index (χ4n) is 1.32. The Kier molecular flexibility index (Phi) is 6.03. The van der Waals surface area contributed by atoms with Gasteiger partial charge in [-0.15, -0.1) is 0 Å². The molecule has 0 heterocycles. The van der Waals surface area contributed by atoms with Crippen LogP contribution in [0.4, 0.5) is 0 Å². The number of carbonyl (C=O) groups excluding carboxylic acids is 2. The summed E-state index contributed by atoms with van der Waals surface area (Å²) < 4.78 is 4.78. The lowest BCUT2D eigenvalue weighted by atomic mass is 9.96. The van der Waals surface area contributed by atoms with Gasteiger partial charge in [0.05, 0.1) is 12.1 Å². The van der Waals surface area contributed by atoms with Gasteiger partial charge < -0.3 is 15.8 Å². The van der Waals surface area contributed by atoms with Crippen LogP contribution >= 0.6 is 0 Å². The summed E-state index contributed by atoms with van der Waals surface area (Å²) in [6, 6.07) is -0.660. The van der Waals surface area contributed by atoms with Crippen molar-refractivity contribution in [3.8, 4) is 0 Å². The highest BCUT2D eigenvalue weighted by atomic mass is 16.5. The lowest BCUT2D eigenvalue weighted by molar-refractivity contribution is -0.147. The third kappa shape index (κ3) is 4.61. The minimum atomic E-state index is -0.935. The molecule has 5 heteroatoms. The minimum Gasteiger partial charge on any atom is -0.464 e. The Morgan fingerprint density at radius 2 is 2.00 bits per heavy atom. The Bertz CT molecular complexity index is 252. The van der Waals surface area contributed by atoms with Gasteiger partial charge in [0.25, 0.3) is 0 Å². The first kappa shape index (κ1) is 14.9. The molecular formula is C11H22N2O3. The van der Waals surface area contributed by atoms with Crippen LogP contribution in [-0.2, 0) is 14.3 Å². The SMILES string of the molecule is CCCC(C)(N)C(=O)NC(C)C(=O)OCC. The van der Waals surface area contributed by atoms with Crippen LogP contribution in [0.25, 0.3) is 0 Å². The number of ether oxygens (including phenoxy) is 1. The van der Waals surface area contributed by atoms with Crippen molar-refractivity contribution in [3.05, 3.63) is 0 Å². The molecule has 0 aliphatic rings. The van der Waals surface area contributed by atoms with E-state index < -0.39 is 17.6 Å². The molecule has 1 amide bonds. The lowest BCUT2D eigenvalue weighted by Crippen LogP contribution is -2.55. The Hall–Kier alpha value is -1.10. The van der Waals surface area contributed by atoms with E-state index in [-0.39, 0.29) is 5.91 Å². The second-order valence-electron chi connectivity index (χ2n) is 4.11. The molecule has 94 valence electrons. The van der Waals surface area contributed by atoms with Gasteiger partial charge in [-0.2, -0.15) is 0 Å². The summed E-state index contributed by atoms with van der Waals surface area (Å²) >= 11 is 0. The largest absolute Gasteiger partial charge is 0.464 e. The first-order valence-electron chi connectivity index (χ1n) is 5.61. The van der Waals surface area contributed by atoms with E-state index in [4.69, 9.17) is 10.5 Å². The average molecular weight is 230 g/mol. The molecule has 0 saturated carbocycles. The zero-order chi connectivity index (χ0) is 12.8. The van der Waals surface area contributed by atoms with Gasteiger partial charge in [0.2, 0.25) is 5.91 Å². The van der Waals surface area contributed by atoms with Crippen LogP contribution in [0.1, 0.15) is 40.5 Å². The van der Waals surface area contributed by atoms with Crippen LogP contribution < -0.4 is 11.1 Å². The van der Waals surface area contributed by atoms with E-state index in [0.717, 1.165) is 6.42 Å². The predicted molar refractivity (Wildman–Crippen MR) is 61.7 cm³/mol. The van der Waals surface area contributed by atoms with Gasteiger partial charge in [-0.05, 0) is 27.2 Å². The fraction of sp³-hybridized carbons (Fsp3) is 0.818. The van der Waals surface area contributed by atoms with Gasteiger partial charge in [0.15, 0.2) is 0 Å². The van der Waals surface area contributed by atoms with Crippen LogP contribution in [0.5, 0.6) is 0 Å². The number of hydrogen-bond acceptors (Lipinski definition) is 4. The normalized spacial score (nSPS) is 16.1. The maximum atomic E-state index is 11.7. The second-order valence-corrected chi connectivity index (χ2v) is 4.11. The molecule has 0 aliphatic carbocycles. The van der Waals surface area contributed by atoms with Crippen molar-refractivity contribution in [1.29, 1.82) is 0 Å². The van der Waals surface area contributed by atoms with Gasteiger partial charge in [0.1, 0.15) is 6.04 Å². The van der Waals surface area contributed by atoms with E-state index in [0.29, 0.717) is 13.0 Å². The number of rotatable bonds is 6. The highest BCUT2D eigenvalue weighted by molar-refractivity contribution is 5.89. The Balaban J connectivity index is 4.28. The van der Waals surface area contributed by atoms with Crippen LogP contribution in [0.15, 0.2) is 0 Å². The molecule has 16 heavy (non-hydrogen) atoms. The van der Waals surface area contributed by atoms with Crippen LogP contribution in [0.2, 0.25) is 0 Å². The summed E-state index contributed by atoms with van der Waals surface area (Å²) in [5.41, 5.74) is 4.89. The smallest absolute Gasteiger partial charge is 0.328 e. The second kappa shape index (κ2) is 6.48. The van der Waals surface area contributed by atoms with E-state index >= 15 is 0 Å². The summed E-state index contributed by atoms with van der Waals surface area (Å²) in [5.74, 6) is -0.766. The molecule has 5 nitrogen and oxygen atoms in total. The molecule has 0 saturated heterocycles. The fourth-order valence-corrected chi connectivity index (χ4v) is 1.32. The van der Waals surface area contributed by atoms with Crippen molar-refractivity contribution >= 4 is 11.9 Å². The van der Waals surface area contributed by atoms with Crippen molar-refractivity contribution in [1.82, 2.24) is 5.32 Å². The molecular weight excluding hydrogens is 208 g/mol. The van der Waals surface area contributed by atoms with Crippen molar-refractivity contribution in [3.63, 3.8) is 0 Å². The van der Waals surface area contributed by atoms with Crippen LogP contribution in [0.3, 0.4) is 0 Å². The van der Waals surface area contributed by atoms with E-state index in [9.17, 15) is 9.59 Å². The Morgan fingerprint density at radius 3 is 2.44 bits per heavy atom. The standard InChI is InChI=1S/C11H22N2O3/c1-5-7-11(4,12)10(15)13-8(3)9(14)16-6-2/h8H,5-7,12H2,1-4H3,(H,13,15). The Morgan fingerprint density at radius 1 is 1.44 bits per heavy atom. The highest BCUT2D eigenvalue weighted by Gasteiger charge is 2.29. The minimum absolute atomic E-state index is 0.300. The number of esters is 1. The molecule has 0 aromatic rings. The van der Waals surface area contributed by atoms with Crippen LogP contribution in [0, 0.1) is 0 Å². The number of nitrogens with two attached hydrogens (primary N) is 1. The first-order chi connectivity index (χ1) is 7.35. The van der Waals surface area contributed by atoms with Gasteiger partial charge in [-0.1, -0.05) is 13.3 Å². The van der Waals surface area contributed by atoms with E-state index in [1.54, 1.807) is 20.8 Å². The van der Waals surface area contributed by atoms with Gasteiger partial charge >= 0.3 is 5.97 Å². The van der Waals surface area contributed by atoms with Crippen LogP contribution in [-0.4, -0.2) is 30.1 Å². The van der Waals surface area contributed by atoms with E-state index in [1.165, 1.54) is 0 Å². The molecule has 0 fully saturated rings. The van der Waals surface area contributed by atoms with Crippen molar-refractivity contribution < 1.29 is 14.3 Å². The number of amides is 1. The molecule has 0 aromatic heterocycles. The van der Waals surface area contributed by atoms with Gasteiger partial charge in [-0.3, -0.25) is 4.79 Å². The lowest BCUT2D eigenvalue weighted by Gasteiger charge is -2.24. The molecule has 0 radical (unpaired) electrons. The molecule has 2 unspecified atom stereocenters. The molecule has 0 spiro atoms. The maximum absolute atomic E-state index is 11.7. The maximum Gasteiger partial charge on any atom is 0.328 e. The molecule has 0 bridgehead atoms. The average Bonchev–Trinajstić information content (AvgIpc) is 2.17. The molecule has 0 aliphatic heterocycles. The number of hydrogen-bond donors (Lipinski definition) is 2.